The van der Waals surface area contributed by atoms with Gasteiger partial charge in [0.05, 0.1) is 38.6 Å². The molecular weight excluding hydrogens is 824 g/mol. The van der Waals surface area contributed by atoms with Crippen molar-refractivity contribution >= 4 is 77.6 Å². The van der Waals surface area contributed by atoms with Gasteiger partial charge in [0.1, 0.15) is 0 Å². The van der Waals surface area contributed by atoms with Gasteiger partial charge in [-0.15, -0.1) is 35.7 Å². The van der Waals surface area contributed by atoms with E-state index in [1.165, 1.54) is 0 Å². The number of para-hydroxylation sites is 7. The van der Waals surface area contributed by atoms with E-state index in [-0.39, 0.29) is 21.1 Å². The molecule has 8 nitrogen and oxygen atoms in total. The van der Waals surface area contributed by atoms with Crippen LogP contribution in [0.3, 0.4) is 0 Å². The van der Waals surface area contributed by atoms with E-state index in [2.05, 4.69) is 167 Å². The van der Waals surface area contributed by atoms with Crippen molar-refractivity contribution in [3.05, 3.63) is 158 Å². The number of nitrogens with zero attached hydrogens (tertiary/aromatic N) is 8. The Labute approximate surface area is 309 Å². The van der Waals surface area contributed by atoms with Crippen molar-refractivity contribution in [3.63, 3.8) is 0 Å². The molecule has 0 aliphatic rings. The van der Waals surface area contributed by atoms with Gasteiger partial charge in [-0.2, -0.15) is 17.1 Å². The van der Waals surface area contributed by atoms with Crippen molar-refractivity contribution in [2.45, 2.75) is 0 Å². The Morgan fingerprint density at radius 3 is 1.75 bits per heavy atom. The van der Waals surface area contributed by atoms with Crippen LogP contribution in [0.5, 0.6) is 0 Å². The van der Waals surface area contributed by atoms with Gasteiger partial charge in [-0.3, -0.25) is 8.80 Å². The maximum absolute atomic E-state index is 5.10. The van der Waals surface area contributed by atoms with E-state index in [1.54, 1.807) is 6.20 Å². The molecule has 9 heteroatoms. The first-order valence-electron chi connectivity index (χ1n) is 16.9. The summed E-state index contributed by atoms with van der Waals surface area (Å²) in [6, 6.07) is 56.1. The summed E-state index contributed by atoms with van der Waals surface area (Å²) in [5.41, 5.74) is 12.8. The number of benzene rings is 6. The van der Waals surface area contributed by atoms with Crippen LogP contribution in [0, 0.1) is 12.1 Å². The summed E-state index contributed by atoms with van der Waals surface area (Å²) in [5, 5.41) is 2.27. The summed E-state index contributed by atoms with van der Waals surface area (Å²) >= 11 is 0. The first-order chi connectivity index (χ1) is 25.3. The number of pyridine rings is 1. The normalized spacial score (nSPS) is 12.1. The maximum atomic E-state index is 5.10. The average Bonchev–Trinajstić information content (AvgIpc) is 3.97. The van der Waals surface area contributed by atoms with E-state index in [4.69, 9.17) is 9.97 Å². The number of fused-ring (bicyclic) bond motifs is 13. The van der Waals surface area contributed by atoms with Crippen LogP contribution in [-0.4, -0.2) is 37.5 Å². The Morgan fingerprint density at radius 2 is 0.981 bits per heavy atom. The molecule has 6 aromatic carbocycles. The molecule has 12 rings (SSSR count). The molecule has 246 valence electrons. The largest absolute Gasteiger partial charge is 2.00 e. The standard InChI is InChI=1S/C43H24N8.Pt/c1-3-15-33-30(13-1)31-23-22-29(49-36-18-6-8-20-38(36)51-39-21-10-24-44-41(39)46-43(49)51)26-40(31)47(33)27-11-9-12-28(25-27)48-35-17-5-7-19-37(35)50-34-16-4-2-14-32(34)45-42(48)50;/h1-24H;/q-2;+2. The zero-order chi connectivity index (χ0) is 33.2. The van der Waals surface area contributed by atoms with Crippen LogP contribution >= 0.6 is 0 Å². The van der Waals surface area contributed by atoms with Gasteiger partial charge in [-0.05, 0) is 60.0 Å². The van der Waals surface area contributed by atoms with Crippen molar-refractivity contribution in [1.82, 2.24) is 37.5 Å². The molecule has 0 fully saturated rings. The van der Waals surface area contributed by atoms with E-state index < -0.39 is 0 Å². The van der Waals surface area contributed by atoms with Gasteiger partial charge in [0.2, 0.25) is 11.6 Å². The van der Waals surface area contributed by atoms with Gasteiger partial charge in [-0.25, -0.2) is 9.97 Å². The topological polar surface area (TPSA) is 62.3 Å². The minimum absolute atomic E-state index is 0. The molecular formula is C43H24N8Pt. The molecule has 0 N–H and O–H groups in total. The molecule has 0 bridgehead atoms. The van der Waals surface area contributed by atoms with Crippen LogP contribution in [0.25, 0.3) is 94.7 Å². The summed E-state index contributed by atoms with van der Waals surface area (Å²) in [4.78, 5) is 14.7. The smallest absolute Gasteiger partial charge is 0.358 e. The van der Waals surface area contributed by atoms with Crippen LogP contribution < -0.4 is 0 Å². The van der Waals surface area contributed by atoms with Crippen molar-refractivity contribution in [1.29, 1.82) is 0 Å². The maximum Gasteiger partial charge on any atom is 2.00 e. The van der Waals surface area contributed by atoms with Gasteiger partial charge in [0, 0.05) is 11.7 Å². The van der Waals surface area contributed by atoms with Crippen LogP contribution in [0.1, 0.15) is 0 Å². The van der Waals surface area contributed by atoms with Crippen LogP contribution in [0.2, 0.25) is 0 Å². The summed E-state index contributed by atoms with van der Waals surface area (Å²) in [7, 11) is 0. The van der Waals surface area contributed by atoms with E-state index in [9.17, 15) is 0 Å². The fourth-order valence-corrected chi connectivity index (χ4v) is 8.03. The van der Waals surface area contributed by atoms with Crippen LogP contribution in [0.4, 0.5) is 0 Å². The third kappa shape index (κ3) is 3.82. The average molecular weight is 848 g/mol. The zero-order valence-corrected chi connectivity index (χ0v) is 29.5. The van der Waals surface area contributed by atoms with Crippen molar-refractivity contribution in [2.75, 3.05) is 0 Å². The third-order valence-corrected chi connectivity index (χ3v) is 10.1. The number of aromatic nitrogens is 8. The van der Waals surface area contributed by atoms with Crippen molar-refractivity contribution in [2.24, 2.45) is 0 Å². The van der Waals surface area contributed by atoms with Crippen LogP contribution in [-0.2, 0) is 21.1 Å². The van der Waals surface area contributed by atoms with Gasteiger partial charge in [0.25, 0.3) is 0 Å². The summed E-state index contributed by atoms with van der Waals surface area (Å²) in [5.74, 6) is 1.65. The second-order valence-corrected chi connectivity index (χ2v) is 12.9. The molecule has 0 amide bonds. The Morgan fingerprint density at radius 1 is 0.404 bits per heavy atom. The molecule has 6 heterocycles. The molecule has 0 radical (unpaired) electrons. The molecule has 0 unspecified atom stereocenters. The number of imidazole rings is 4. The second-order valence-electron chi connectivity index (χ2n) is 12.9. The Bertz CT molecular complexity index is 3390. The summed E-state index contributed by atoms with van der Waals surface area (Å²) in [6.07, 6.45) is 1.79. The van der Waals surface area contributed by atoms with E-state index in [0.29, 0.717) is 5.65 Å². The fraction of sp³-hybridized carbons (Fsp3) is 0. The Balaban J connectivity index is 0.00000320. The molecule has 0 aliphatic heterocycles. The molecule has 0 aliphatic carbocycles. The molecule has 0 spiro atoms. The molecule has 0 atom stereocenters. The zero-order valence-electron chi connectivity index (χ0n) is 27.3. The first-order valence-corrected chi connectivity index (χ1v) is 16.9. The van der Waals surface area contributed by atoms with Crippen molar-refractivity contribution in [3.8, 4) is 17.1 Å². The van der Waals surface area contributed by atoms with E-state index >= 15 is 0 Å². The third-order valence-electron chi connectivity index (χ3n) is 10.1. The Hall–Kier alpha value is -6.50. The molecule has 52 heavy (non-hydrogen) atoms. The van der Waals surface area contributed by atoms with Gasteiger partial charge in [-0.1, -0.05) is 77.2 Å². The van der Waals surface area contributed by atoms with Gasteiger partial charge >= 0.3 is 21.1 Å². The fourth-order valence-electron chi connectivity index (χ4n) is 8.03. The molecule has 6 aromatic heterocycles. The van der Waals surface area contributed by atoms with E-state index in [0.717, 1.165) is 89.0 Å². The SMILES string of the molecule is [Pt+2].[c-]1c(-n2c3[c-]c(-n4c5ccccc5n5c6cccnc6nc45)ccc3c3ccccc32)cccc1-n1c2ccccc2n2c3ccccc3nc12. The molecule has 12 aromatic rings. The number of hydrogen-bond donors (Lipinski definition) is 0. The minimum Gasteiger partial charge on any atom is -0.358 e. The summed E-state index contributed by atoms with van der Waals surface area (Å²) < 4.78 is 11.1. The number of rotatable bonds is 3. The predicted molar refractivity (Wildman–Crippen MR) is 202 cm³/mol. The quantitative estimate of drug-likeness (QED) is 0.167. The molecule has 0 saturated carbocycles. The predicted octanol–water partition coefficient (Wildman–Crippen LogP) is 9.27. The number of hydrogen-bond acceptors (Lipinski definition) is 3. The minimum atomic E-state index is 0. The Kier molecular flexibility index (Phi) is 6.05. The first kappa shape index (κ1) is 29.2. The van der Waals surface area contributed by atoms with E-state index in [1.807, 2.05) is 12.1 Å². The van der Waals surface area contributed by atoms with Crippen LogP contribution in [0.15, 0.2) is 146 Å². The van der Waals surface area contributed by atoms with Crippen molar-refractivity contribution < 1.29 is 21.1 Å². The molecule has 0 saturated heterocycles. The monoisotopic (exact) mass is 847 g/mol. The van der Waals surface area contributed by atoms with Gasteiger partial charge in [0.15, 0.2) is 5.65 Å². The van der Waals surface area contributed by atoms with Gasteiger partial charge < -0.3 is 13.7 Å². The second kappa shape index (κ2) is 10.8. The summed E-state index contributed by atoms with van der Waals surface area (Å²) in [6.45, 7) is 0.